The SMILES string of the molecule is CC(C)(C)n1cc(N)c2ccoc21. The summed E-state index contributed by atoms with van der Waals surface area (Å²) in [6.45, 7) is 6.36. The van der Waals surface area contributed by atoms with Crippen LogP contribution < -0.4 is 5.73 Å². The molecule has 0 fully saturated rings. The monoisotopic (exact) mass is 178 g/mol. The zero-order valence-corrected chi connectivity index (χ0v) is 8.16. The Labute approximate surface area is 77.1 Å². The van der Waals surface area contributed by atoms with Crippen LogP contribution in [0.25, 0.3) is 11.1 Å². The maximum atomic E-state index is 5.84. The van der Waals surface area contributed by atoms with Crippen LogP contribution >= 0.6 is 0 Å². The summed E-state index contributed by atoms with van der Waals surface area (Å²) in [6.07, 6.45) is 3.59. The molecule has 0 amide bonds. The van der Waals surface area contributed by atoms with Crippen molar-refractivity contribution in [3.05, 3.63) is 18.5 Å². The van der Waals surface area contributed by atoms with Crippen LogP contribution in [0.3, 0.4) is 0 Å². The molecule has 2 aromatic rings. The number of nitrogens with zero attached hydrogens (tertiary/aromatic N) is 1. The highest BCUT2D eigenvalue weighted by atomic mass is 16.3. The van der Waals surface area contributed by atoms with E-state index in [1.807, 2.05) is 12.3 Å². The average molecular weight is 178 g/mol. The largest absolute Gasteiger partial charge is 0.448 e. The van der Waals surface area contributed by atoms with Crippen LogP contribution in [-0.2, 0) is 5.54 Å². The van der Waals surface area contributed by atoms with Crippen LogP contribution in [0.15, 0.2) is 22.9 Å². The van der Waals surface area contributed by atoms with Crippen LogP contribution in [0, 0.1) is 0 Å². The van der Waals surface area contributed by atoms with Crippen molar-refractivity contribution in [1.29, 1.82) is 0 Å². The lowest BCUT2D eigenvalue weighted by atomic mass is 10.1. The summed E-state index contributed by atoms with van der Waals surface area (Å²) in [4.78, 5) is 0. The van der Waals surface area contributed by atoms with Gasteiger partial charge in [-0.3, -0.25) is 0 Å². The predicted molar refractivity (Wildman–Crippen MR) is 53.6 cm³/mol. The molecule has 0 saturated carbocycles. The maximum Gasteiger partial charge on any atom is 0.209 e. The lowest BCUT2D eigenvalue weighted by Crippen LogP contribution is -2.20. The summed E-state index contributed by atoms with van der Waals surface area (Å²) in [5.74, 6) is 0. The molecule has 2 aromatic heterocycles. The Kier molecular flexibility index (Phi) is 1.46. The van der Waals surface area contributed by atoms with E-state index in [9.17, 15) is 0 Å². The number of hydrogen-bond donors (Lipinski definition) is 1. The van der Waals surface area contributed by atoms with Crippen molar-refractivity contribution in [3.63, 3.8) is 0 Å². The minimum Gasteiger partial charge on any atom is -0.448 e. The summed E-state index contributed by atoms with van der Waals surface area (Å²) < 4.78 is 7.43. The topological polar surface area (TPSA) is 44.1 Å². The molecule has 0 atom stereocenters. The molecule has 0 aliphatic carbocycles. The molecular formula is C10H14N2O. The van der Waals surface area contributed by atoms with Gasteiger partial charge in [0.25, 0.3) is 0 Å². The second-order valence-electron chi connectivity index (χ2n) is 4.26. The number of nitrogen functional groups attached to an aromatic ring is 1. The third-order valence-corrected chi connectivity index (χ3v) is 2.17. The first-order chi connectivity index (χ1) is 6.00. The van der Waals surface area contributed by atoms with Gasteiger partial charge in [-0.2, -0.15) is 0 Å². The van der Waals surface area contributed by atoms with Crippen LogP contribution in [-0.4, -0.2) is 4.57 Å². The third kappa shape index (κ3) is 1.11. The normalized spacial score (nSPS) is 12.5. The summed E-state index contributed by atoms with van der Waals surface area (Å²) in [7, 11) is 0. The van der Waals surface area contributed by atoms with Crippen LogP contribution in [0.4, 0.5) is 5.69 Å². The fraction of sp³-hybridized carbons (Fsp3) is 0.400. The number of hydrogen-bond acceptors (Lipinski definition) is 2. The maximum absolute atomic E-state index is 5.84. The van der Waals surface area contributed by atoms with E-state index < -0.39 is 0 Å². The highest BCUT2D eigenvalue weighted by Crippen LogP contribution is 2.29. The first kappa shape index (κ1) is 8.23. The quantitative estimate of drug-likeness (QED) is 0.673. The zero-order valence-electron chi connectivity index (χ0n) is 8.16. The number of aromatic nitrogens is 1. The molecule has 0 aliphatic rings. The van der Waals surface area contributed by atoms with E-state index in [1.54, 1.807) is 6.26 Å². The number of furan rings is 1. The van der Waals surface area contributed by atoms with Gasteiger partial charge in [0.15, 0.2) is 0 Å². The van der Waals surface area contributed by atoms with Crippen molar-refractivity contribution in [3.8, 4) is 0 Å². The molecule has 0 bridgehead atoms. The molecule has 13 heavy (non-hydrogen) atoms. The van der Waals surface area contributed by atoms with Gasteiger partial charge in [-0.1, -0.05) is 0 Å². The van der Waals surface area contributed by atoms with Crippen molar-refractivity contribution < 1.29 is 4.42 Å². The fourth-order valence-corrected chi connectivity index (χ4v) is 1.47. The molecule has 3 nitrogen and oxygen atoms in total. The Morgan fingerprint density at radius 3 is 2.69 bits per heavy atom. The highest BCUT2D eigenvalue weighted by molar-refractivity contribution is 5.88. The molecule has 2 rings (SSSR count). The zero-order chi connectivity index (χ0) is 9.64. The Hall–Kier alpha value is -1.38. The molecule has 70 valence electrons. The molecule has 0 saturated heterocycles. The molecule has 3 heteroatoms. The van der Waals surface area contributed by atoms with E-state index in [-0.39, 0.29) is 5.54 Å². The smallest absolute Gasteiger partial charge is 0.209 e. The Balaban J connectivity index is 2.76. The minimum atomic E-state index is 0.00766. The van der Waals surface area contributed by atoms with Gasteiger partial charge >= 0.3 is 0 Å². The fourth-order valence-electron chi connectivity index (χ4n) is 1.47. The molecule has 0 radical (unpaired) electrons. The summed E-state index contributed by atoms with van der Waals surface area (Å²) in [6, 6.07) is 1.90. The van der Waals surface area contributed by atoms with Crippen LogP contribution in [0.1, 0.15) is 20.8 Å². The van der Waals surface area contributed by atoms with Crippen LogP contribution in [0.5, 0.6) is 0 Å². The second-order valence-corrected chi connectivity index (χ2v) is 4.26. The Morgan fingerprint density at radius 2 is 2.08 bits per heavy atom. The third-order valence-electron chi connectivity index (χ3n) is 2.17. The predicted octanol–water partition coefficient (Wildman–Crippen LogP) is 2.57. The van der Waals surface area contributed by atoms with Gasteiger partial charge in [-0.25, -0.2) is 0 Å². The highest BCUT2D eigenvalue weighted by Gasteiger charge is 2.18. The molecule has 0 spiro atoms. The Morgan fingerprint density at radius 1 is 1.38 bits per heavy atom. The summed E-state index contributed by atoms with van der Waals surface area (Å²) >= 11 is 0. The molecule has 2 N–H and O–H groups in total. The van der Waals surface area contributed by atoms with Crippen molar-refractivity contribution >= 4 is 16.8 Å². The van der Waals surface area contributed by atoms with Crippen molar-refractivity contribution in [2.75, 3.05) is 5.73 Å². The first-order valence-corrected chi connectivity index (χ1v) is 4.34. The van der Waals surface area contributed by atoms with E-state index in [4.69, 9.17) is 10.2 Å². The van der Waals surface area contributed by atoms with Gasteiger partial charge in [0.1, 0.15) is 0 Å². The first-order valence-electron chi connectivity index (χ1n) is 4.34. The van der Waals surface area contributed by atoms with Gasteiger partial charge in [0.05, 0.1) is 17.3 Å². The number of anilines is 1. The van der Waals surface area contributed by atoms with Gasteiger partial charge in [0, 0.05) is 11.7 Å². The molecule has 0 aromatic carbocycles. The minimum absolute atomic E-state index is 0.00766. The van der Waals surface area contributed by atoms with E-state index in [1.165, 1.54) is 0 Å². The van der Waals surface area contributed by atoms with Crippen molar-refractivity contribution in [2.45, 2.75) is 26.3 Å². The van der Waals surface area contributed by atoms with Gasteiger partial charge in [-0.15, -0.1) is 0 Å². The van der Waals surface area contributed by atoms with E-state index in [0.29, 0.717) is 0 Å². The van der Waals surface area contributed by atoms with E-state index in [0.717, 1.165) is 16.8 Å². The average Bonchev–Trinajstić information content (AvgIpc) is 2.51. The Bertz CT molecular complexity index is 431. The van der Waals surface area contributed by atoms with Crippen molar-refractivity contribution in [1.82, 2.24) is 4.57 Å². The standard InChI is InChI=1S/C10H14N2O/c1-10(2,3)12-6-8(11)7-4-5-13-9(7)12/h4-6H,11H2,1-3H3. The number of fused-ring (bicyclic) bond motifs is 1. The molecule has 0 unspecified atom stereocenters. The van der Waals surface area contributed by atoms with Crippen LogP contribution in [0.2, 0.25) is 0 Å². The number of nitrogens with two attached hydrogens (primary N) is 1. The number of rotatable bonds is 0. The van der Waals surface area contributed by atoms with Gasteiger partial charge in [-0.05, 0) is 26.8 Å². The lowest BCUT2D eigenvalue weighted by molar-refractivity contribution is 0.388. The summed E-state index contributed by atoms with van der Waals surface area (Å²) in [5, 5.41) is 0.995. The van der Waals surface area contributed by atoms with Gasteiger partial charge < -0.3 is 14.7 Å². The van der Waals surface area contributed by atoms with Crippen molar-refractivity contribution in [2.24, 2.45) is 0 Å². The molecule has 2 heterocycles. The van der Waals surface area contributed by atoms with Gasteiger partial charge in [0.2, 0.25) is 5.71 Å². The second kappa shape index (κ2) is 2.31. The van der Waals surface area contributed by atoms with E-state index in [2.05, 4.69) is 25.3 Å². The molecular weight excluding hydrogens is 164 g/mol. The summed E-state index contributed by atoms with van der Waals surface area (Å²) in [5.41, 5.74) is 7.47. The molecule has 0 aliphatic heterocycles. The van der Waals surface area contributed by atoms with E-state index >= 15 is 0 Å². The lowest BCUT2D eigenvalue weighted by Gasteiger charge is -2.20.